The lowest BCUT2D eigenvalue weighted by Gasteiger charge is -2.30. The van der Waals surface area contributed by atoms with Crippen molar-refractivity contribution >= 4 is 5.96 Å². The molecule has 1 atom stereocenters. The Kier molecular flexibility index (Phi) is 8.47. The Morgan fingerprint density at radius 3 is 2.72 bits per heavy atom. The third kappa shape index (κ3) is 6.53. The van der Waals surface area contributed by atoms with E-state index in [0.717, 1.165) is 55.5 Å². The normalized spacial score (nSPS) is 21.2. The van der Waals surface area contributed by atoms with Crippen molar-refractivity contribution in [3.63, 3.8) is 0 Å². The van der Waals surface area contributed by atoms with Gasteiger partial charge in [-0.05, 0) is 71.0 Å². The Balaban J connectivity index is 1.66. The number of nitrogens with one attached hydrogen (secondary N) is 2. The number of guanidine groups is 1. The first-order chi connectivity index (χ1) is 14.2. The number of piperidine rings is 1. The summed E-state index contributed by atoms with van der Waals surface area (Å²) < 4.78 is 11.9. The molecule has 1 aromatic rings. The summed E-state index contributed by atoms with van der Waals surface area (Å²) in [7, 11) is 3.91. The van der Waals surface area contributed by atoms with Gasteiger partial charge in [-0.25, -0.2) is 4.99 Å². The van der Waals surface area contributed by atoms with E-state index >= 15 is 0 Å². The zero-order valence-corrected chi connectivity index (χ0v) is 18.4. The van der Waals surface area contributed by atoms with E-state index in [4.69, 9.17) is 14.5 Å². The highest BCUT2D eigenvalue weighted by Gasteiger charge is 2.21. The van der Waals surface area contributed by atoms with Crippen LogP contribution in [0.2, 0.25) is 0 Å². The van der Waals surface area contributed by atoms with E-state index in [1.807, 2.05) is 12.1 Å². The van der Waals surface area contributed by atoms with Crippen LogP contribution in [-0.4, -0.2) is 57.3 Å². The summed E-state index contributed by atoms with van der Waals surface area (Å²) in [5, 5.41) is 6.92. The summed E-state index contributed by atoms with van der Waals surface area (Å²) in [6.45, 7) is 6.84. The first-order valence-electron chi connectivity index (χ1n) is 11.2. The predicted molar refractivity (Wildman–Crippen MR) is 119 cm³/mol. The molecule has 1 aromatic carbocycles. The van der Waals surface area contributed by atoms with Gasteiger partial charge >= 0.3 is 0 Å². The molecule has 1 heterocycles. The maximum Gasteiger partial charge on any atom is 0.191 e. The van der Waals surface area contributed by atoms with Crippen LogP contribution in [0.15, 0.2) is 23.2 Å². The number of hydrogen-bond acceptors (Lipinski definition) is 4. The molecule has 0 bridgehead atoms. The summed E-state index contributed by atoms with van der Waals surface area (Å²) in [6, 6.07) is 6.08. The minimum atomic E-state index is 0.295. The maximum absolute atomic E-state index is 6.35. The first-order valence-corrected chi connectivity index (χ1v) is 11.2. The number of hydrogen-bond donors (Lipinski definition) is 2. The summed E-state index contributed by atoms with van der Waals surface area (Å²) in [5.41, 5.74) is 1.07. The van der Waals surface area contributed by atoms with Gasteiger partial charge in [-0.2, -0.15) is 0 Å². The number of rotatable bonds is 8. The van der Waals surface area contributed by atoms with Crippen molar-refractivity contribution in [3.05, 3.63) is 23.8 Å². The molecule has 0 aromatic heterocycles. The molecule has 0 spiro atoms. The molecule has 1 saturated heterocycles. The SMILES string of the molecule is CCNC(=NCc1cccc(OC)c1OC1CCCC1)NCC1CCCN(C)C1. The Morgan fingerprint density at radius 2 is 2.00 bits per heavy atom. The summed E-state index contributed by atoms with van der Waals surface area (Å²) in [4.78, 5) is 7.26. The number of likely N-dealkylation sites (tertiary alicyclic amines) is 1. The topological polar surface area (TPSA) is 58.1 Å². The van der Waals surface area contributed by atoms with Crippen molar-refractivity contribution in [3.8, 4) is 11.5 Å². The molecule has 1 unspecified atom stereocenters. The van der Waals surface area contributed by atoms with Crippen LogP contribution in [0.5, 0.6) is 11.5 Å². The average molecular weight is 403 g/mol. The van der Waals surface area contributed by atoms with Gasteiger partial charge in [0.05, 0.1) is 19.8 Å². The van der Waals surface area contributed by atoms with Gasteiger partial charge in [-0.3, -0.25) is 0 Å². The van der Waals surface area contributed by atoms with Crippen molar-refractivity contribution in [2.75, 3.05) is 40.3 Å². The van der Waals surface area contributed by atoms with Crippen molar-refractivity contribution in [2.45, 2.75) is 58.1 Å². The van der Waals surface area contributed by atoms with Gasteiger partial charge in [0.1, 0.15) is 0 Å². The zero-order valence-electron chi connectivity index (χ0n) is 18.4. The van der Waals surface area contributed by atoms with Gasteiger partial charge < -0.3 is 25.0 Å². The highest BCUT2D eigenvalue weighted by Crippen LogP contribution is 2.35. The summed E-state index contributed by atoms with van der Waals surface area (Å²) in [5.74, 6) is 3.20. The van der Waals surface area contributed by atoms with Crippen LogP contribution in [-0.2, 0) is 6.54 Å². The van der Waals surface area contributed by atoms with Gasteiger partial charge in [0.2, 0.25) is 0 Å². The van der Waals surface area contributed by atoms with E-state index < -0.39 is 0 Å². The Labute approximate surface area is 176 Å². The number of ether oxygens (including phenoxy) is 2. The molecule has 6 heteroatoms. The van der Waals surface area contributed by atoms with Crippen molar-refractivity contribution in [2.24, 2.45) is 10.9 Å². The molecule has 0 radical (unpaired) electrons. The fourth-order valence-electron chi connectivity index (χ4n) is 4.34. The van der Waals surface area contributed by atoms with Gasteiger partial charge in [0.25, 0.3) is 0 Å². The van der Waals surface area contributed by atoms with E-state index in [9.17, 15) is 0 Å². The quantitative estimate of drug-likeness (QED) is 0.515. The largest absolute Gasteiger partial charge is 0.493 e. The van der Waals surface area contributed by atoms with E-state index in [2.05, 4.69) is 35.6 Å². The molecular weight excluding hydrogens is 364 g/mol. The van der Waals surface area contributed by atoms with Crippen molar-refractivity contribution in [1.82, 2.24) is 15.5 Å². The van der Waals surface area contributed by atoms with E-state index in [1.165, 1.54) is 32.2 Å². The van der Waals surface area contributed by atoms with Crippen LogP contribution in [0.4, 0.5) is 0 Å². The maximum atomic E-state index is 6.35. The molecule has 6 nitrogen and oxygen atoms in total. The lowest BCUT2D eigenvalue weighted by Crippen LogP contribution is -2.43. The molecular formula is C23H38N4O2. The van der Waals surface area contributed by atoms with Crippen LogP contribution in [0.1, 0.15) is 51.0 Å². The molecule has 0 amide bonds. The summed E-state index contributed by atoms with van der Waals surface area (Å²) >= 11 is 0. The molecule has 2 fully saturated rings. The fraction of sp³-hybridized carbons (Fsp3) is 0.696. The second-order valence-electron chi connectivity index (χ2n) is 8.32. The van der Waals surface area contributed by atoms with Crippen molar-refractivity contribution in [1.29, 1.82) is 0 Å². The average Bonchev–Trinajstić information content (AvgIpc) is 3.24. The second kappa shape index (κ2) is 11.3. The number of methoxy groups -OCH3 is 1. The highest BCUT2D eigenvalue weighted by atomic mass is 16.5. The van der Waals surface area contributed by atoms with Gasteiger partial charge in [0.15, 0.2) is 17.5 Å². The van der Waals surface area contributed by atoms with Gasteiger partial charge in [-0.15, -0.1) is 0 Å². The van der Waals surface area contributed by atoms with Gasteiger partial charge in [0, 0.05) is 25.2 Å². The molecule has 1 aliphatic carbocycles. The fourth-order valence-corrected chi connectivity index (χ4v) is 4.34. The van der Waals surface area contributed by atoms with E-state index in [-0.39, 0.29) is 0 Å². The minimum Gasteiger partial charge on any atom is -0.493 e. The van der Waals surface area contributed by atoms with Crippen LogP contribution < -0.4 is 20.1 Å². The lowest BCUT2D eigenvalue weighted by atomic mass is 9.99. The number of benzene rings is 1. The third-order valence-corrected chi connectivity index (χ3v) is 5.90. The summed E-state index contributed by atoms with van der Waals surface area (Å²) in [6.07, 6.45) is 7.61. The zero-order chi connectivity index (χ0) is 20.5. The van der Waals surface area contributed by atoms with Crippen LogP contribution in [0.3, 0.4) is 0 Å². The van der Waals surface area contributed by atoms with Gasteiger partial charge in [-0.1, -0.05) is 12.1 Å². The molecule has 29 heavy (non-hydrogen) atoms. The predicted octanol–water partition coefficient (Wildman–Crippen LogP) is 3.41. The monoisotopic (exact) mass is 402 g/mol. The number of nitrogens with zero attached hydrogens (tertiary/aromatic N) is 2. The number of aliphatic imine (C=N–C) groups is 1. The Bertz CT molecular complexity index is 658. The second-order valence-corrected chi connectivity index (χ2v) is 8.32. The van der Waals surface area contributed by atoms with E-state index in [1.54, 1.807) is 7.11 Å². The third-order valence-electron chi connectivity index (χ3n) is 5.90. The highest BCUT2D eigenvalue weighted by molar-refractivity contribution is 5.79. The lowest BCUT2D eigenvalue weighted by molar-refractivity contribution is 0.198. The molecule has 2 N–H and O–H groups in total. The molecule has 3 rings (SSSR count). The molecule has 1 aliphatic heterocycles. The van der Waals surface area contributed by atoms with E-state index in [0.29, 0.717) is 18.6 Å². The minimum absolute atomic E-state index is 0.295. The molecule has 2 aliphatic rings. The van der Waals surface area contributed by atoms with Crippen LogP contribution in [0, 0.1) is 5.92 Å². The smallest absolute Gasteiger partial charge is 0.191 e. The van der Waals surface area contributed by atoms with Crippen LogP contribution >= 0.6 is 0 Å². The van der Waals surface area contributed by atoms with Crippen LogP contribution in [0.25, 0.3) is 0 Å². The Morgan fingerprint density at radius 1 is 1.17 bits per heavy atom. The standard InChI is InChI=1S/C23H38N4O2/c1-4-24-23(25-15-18-9-8-14-27(2)17-18)26-16-19-10-7-13-21(28-3)22(19)29-20-11-5-6-12-20/h7,10,13,18,20H,4-6,8-9,11-12,14-17H2,1-3H3,(H2,24,25,26). The number of para-hydroxylation sites is 1. The first kappa shape index (κ1) is 21.8. The Hall–Kier alpha value is -1.95. The molecule has 162 valence electrons. The van der Waals surface area contributed by atoms with Crippen molar-refractivity contribution < 1.29 is 9.47 Å². The molecule has 1 saturated carbocycles.